The van der Waals surface area contributed by atoms with E-state index in [0.29, 0.717) is 19.6 Å². The number of aliphatic hydroxyl groups is 1. The Morgan fingerprint density at radius 1 is 1.67 bits per heavy atom. The number of carbonyl (C=O) groups excluding carboxylic acids is 1. The van der Waals surface area contributed by atoms with Crippen LogP contribution in [0, 0.1) is 0 Å². The van der Waals surface area contributed by atoms with Gasteiger partial charge in [-0.2, -0.15) is 0 Å². The maximum Gasteiger partial charge on any atom is 0.225 e. The molecule has 106 valence electrons. The molecule has 6 heteroatoms. The average molecular weight is 260 g/mol. The number of hydrogen-bond acceptors (Lipinski definition) is 5. The normalized spacial score (nSPS) is 24.9. The zero-order chi connectivity index (χ0) is 13.8. The number of amides is 1. The van der Waals surface area contributed by atoms with Gasteiger partial charge in [0.15, 0.2) is 0 Å². The number of morpholine rings is 1. The van der Waals surface area contributed by atoms with Gasteiger partial charge in [-0.1, -0.05) is 0 Å². The molecule has 0 bridgehead atoms. The third kappa shape index (κ3) is 4.20. The molecular weight excluding hydrogens is 236 g/mol. The van der Waals surface area contributed by atoms with Gasteiger partial charge in [-0.15, -0.1) is 0 Å². The van der Waals surface area contributed by atoms with Crippen LogP contribution < -0.4 is 5.73 Å². The second kappa shape index (κ2) is 6.47. The zero-order valence-corrected chi connectivity index (χ0v) is 11.4. The first-order valence-electron chi connectivity index (χ1n) is 6.21. The average Bonchev–Trinajstić information content (AvgIpc) is 2.33. The highest BCUT2D eigenvalue weighted by molar-refractivity contribution is 5.77. The van der Waals surface area contributed by atoms with Gasteiger partial charge in [0.25, 0.3) is 0 Å². The maximum atomic E-state index is 12.1. The van der Waals surface area contributed by atoms with Crippen LogP contribution in [-0.2, 0) is 14.3 Å². The molecule has 1 saturated heterocycles. The first kappa shape index (κ1) is 15.4. The molecule has 2 atom stereocenters. The summed E-state index contributed by atoms with van der Waals surface area (Å²) in [6.45, 7) is 4.98. The molecule has 0 spiro atoms. The molecule has 0 aliphatic carbocycles. The predicted molar refractivity (Wildman–Crippen MR) is 67.1 cm³/mol. The van der Waals surface area contributed by atoms with E-state index < -0.39 is 5.60 Å². The Balaban J connectivity index is 2.61. The van der Waals surface area contributed by atoms with Gasteiger partial charge in [0.1, 0.15) is 0 Å². The van der Waals surface area contributed by atoms with E-state index in [2.05, 4.69) is 0 Å². The second-order valence-corrected chi connectivity index (χ2v) is 5.25. The highest BCUT2D eigenvalue weighted by Gasteiger charge is 2.35. The van der Waals surface area contributed by atoms with Crippen molar-refractivity contribution in [1.29, 1.82) is 0 Å². The van der Waals surface area contributed by atoms with E-state index in [1.54, 1.807) is 12.0 Å². The molecule has 0 aromatic heterocycles. The molecule has 1 rings (SSSR count). The summed E-state index contributed by atoms with van der Waals surface area (Å²) < 4.78 is 10.8. The largest absolute Gasteiger partial charge is 0.394 e. The molecule has 1 heterocycles. The molecule has 0 saturated carbocycles. The number of methoxy groups -OCH3 is 1. The van der Waals surface area contributed by atoms with E-state index in [1.807, 2.05) is 13.8 Å². The van der Waals surface area contributed by atoms with E-state index in [-0.39, 0.29) is 31.1 Å². The molecule has 2 unspecified atom stereocenters. The lowest BCUT2D eigenvalue weighted by molar-refractivity contribution is -0.168. The highest BCUT2D eigenvalue weighted by atomic mass is 16.5. The Hall–Kier alpha value is -0.690. The molecule has 0 aromatic rings. The number of ether oxygens (including phenoxy) is 2. The maximum absolute atomic E-state index is 12.1. The number of nitrogens with two attached hydrogens (primary N) is 1. The molecule has 1 fully saturated rings. The van der Waals surface area contributed by atoms with Crippen molar-refractivity contribution in [1.82, 2.24) is 4.90 Å². The summed E-state index contributed by atoms with van der Waals surface area (Å²) >= 11 is 0. The molecule has 18 heavy (non-hydrogen) atoms. The van der Waals surface area contributed by atoms with Gasteiger partial charge < -0.3 is 25.2 Å². The third-order valence-corrected chi connectivity index (χ3v) is 3.04. The van der Waals surface area contributed by atoms with Gasteiger partial charge in [-0.25, -0.2) is 0 Å². The molecule has 1 amide bonds. The smallest absolute Gasteiger partial charge is 0.225 e. The van der Waals surface area contributed by atoms with Gasteiger partial charge in [0.05, 0.1) is 30.8 Å². The summed E-state index contributed by atoms with van der Waals surface area (Å²) in [6, 6.07) is 0. The van der Waals surface area contributed by atoms with E-state index >= 15 is 0 Å². The lowest BCUT2D eigenvalue weighted by atomic mass is 10.0. The van der Waals surface area contributed by atoms with Crippen LogP contribution in [0.25, 0.3) is 0 Å². The fourth-order valence-corrected chi connectivity index (χ4v) is 2.17. The minimum Gasteiger partial charge on any atom is -0.394 e. The Morgan fingerprint density at radius 2 is 2.33 bits per heavy atom. The van der Waals surface area contributed by atoms with Crippen LogP contribution in [0.4, 0.5) is 0 Å². The number of aliphatic hydroxyl groups excluding tert-OH is 1. The summed E-state index contributed by atoms with van der Waals surface area (Å²) in [5.41, 5.74) is 5.07. The third-order valence-electron chi connectivity index (χ3n) is 3.04. The van der Waals surface area contributed by atoms with E-state index in [0.717, 1.165) is 0 Å². The van der Waals surface area contributed by atoms with Crippen molar-refractivity contribution in [2.24, 2.45) is 5.73 Å². The van der Waals surface area contributed by atoms with Crippen molar-refractivity contribution in [3.63, 3.8) is 0 Å². The lowest BCUT2D eigenvalue weighted by Crippen LogP contribution is -2.56. The minimum atomic E-state index is -0.438. The summed E-state index contributed by atoms with van der Waals surface area (Å²) in [5.74, 6) is -0.0119. The van der Waals surface area contributed by atoms with Crippen molar-refractivity contribution < 1.29 is 19.4 Å². The highest BCUT2D eigenvalue weighted by Crippen LogP contribution is 2.21. The molecule has 0 aromatic carbocycles. The number of hydrogen-bond donors (Lipinski definition) is 2. The van der Waals surface area contributed by atoms with Crippen LogP contribution in [0.2, 0.25) is 0 Å². The van der Waals surface area contributed by atoms with E-state index in [1.165, 1.54) is 0 Å². The summed E-state index contributed by atoms with van der Waals surface area (Å²) in [6.07, 6.45) is -0.311. The lowest BCUT2D eigenvalue weighted by Gasteiger charge is -2.42. The van der Waals surface area contributed by atoms with E-state index in [9.17, 15) is 9.90 Å². The predicted octanol–water partition coefficient (Wildman–Crippen LogP) is -0.651. The van der Waals surface area contributed by atoms with Gasteiger partial charge >= 0.3 is 0 Å². The SMILES string of the molecule is COC(CN)CC(=O)N1CC(CO)OC(C)(C)C1. The Bertz CT molecular complexity index is 279. The van der Waals surface area contributed by atoms with Crippen molar-refractivity contribution in [3.8, 4) is 0 Å². The Labute approximate surface area is 108 Å². The van der Waals surface area contributed by atoms with E-state index in [4.69, 9.17) is 15.2 Å². The van der Waals surface area contributed by atoms with Gasteiger partial charge in [-0.05, 0) is 13.8 Å². The molecule has 1 aliphatic heterocycles. The second-order valence-electron chi connectivity index (χ2n) is 5.25. The fourth-order valence-electron chi connectivity index (χ4n) is 2.17. The van der Waals surface area contributed by atoms with Crippen molar-refractivity contribution in [2.75, 3.05) is 33.4 Å². The van der Waals surface area contributed by atoms with Gasteiger partial charge in [0.2, 0.25) is 5.91 Å². The summed E-state index contributed by atoms with van der Waals surface area (Å²) in [7, 11) is 1.55. The van der Waals surface area contributed by atoms with Crippen molar-refractivity contribution >= 4 is 5.91 Å². The quantitative estimate of drug-likeness (QED) is 0.686. The van der Waals surface area contributed by atoms with Crippen LogP contribution in [0.1, 0.15) is 20.3 Å². The Morgan fingerprint density at radius 3 is 2.83 bits per heavy atom. The number of rotatable bonds is 5. The standard InChI is InChI=1S/C12H24N2O4/c1-12(2)8-14(6-10(7-15)18-12)11(16)4-9(5-13)17-3/h9-10,15H,4-8,13H2,1-3H3. The Kier molecular flexibility index (Phi) is 5.52. The van der Waals surface area contributed by atoms with Crippen LogP contribution in [-0.4, -0.2) is 67.1 Å². The molecule has 1 aliphatic rings. The fraction of sp³-hybridized carbons (Fsp3) is 0.917. The first-order valence-corrected chi connectivity index (χ1v) is 6.21. The molecule has 0 radical (unpaired) electrons. The van der Waals surface area contributed by atoms with Crippen molar-refractivity contribution in [3.05, 3.63) is 0 Å². The van der Waals surface area contributed by atoms with Crippen LogP contribution in [0.3, 0.4) is 0 Å². The first-order chi connectivity index (χ1) is 8.41. The molecule has 6 nitrogen and oxygen atoms in total. The number of carbonyl (C=O) groups is 1. The summed E-state index contributed by atoms with van der Waals surface area (Å²) in [5, 5.41) is 9.19. The van der Waals surface area contributed by atoms with Gasteiger partial charge in [-0.3, -0.25) is 4.79 Å². The monoisotopic (exact) mass is 260 g/mol. The topological polar surface area (TPSA) is 85.0 Å². The van der Waals surface area contributed by atoms with Crippen LogP contribution in [0.15, 0.2) is 0 Å². The van der Waals surface area contributed by atoms with Crippen LogP contribution in [0.5, 0.6) is 0 Å². The van der Waals surface area contributed by atoms with Gasteiger partial charge in [0, 0.05) is 26.7 Å². The molecular formula is C12H24N2O4. The minimum absolute atomic E-state index is 0.0119. The van der Waals surface area contributed by atoms with Crippen LogP contribution >= 0.6 is 0 Å². The number of nitrogens with zero attached hydrogens (tertiary/aromatic N) is 1. The summed E-state index contributed by atoms with van der Waals surface area (Å²) in [4.78, 5) is 13.8. The van der Waals surface area contributed by atoms with Crippen molar-refractivity contribution in [2.45, 2.75) is 38.1 Å². The molecule has 3 N–H and O–H groups in total. The zero-order valence-electron chi connectivity index (χ0n) is 11.4.